The molecule has 5 aromatic rings. The lowest BCUT2D eigenvalue weighted by molar-refractivity contribution is -0.135. The van der Waals surface area contributed by atoms with Crippen LogP contribution < -0.4 is 10.6 Å². The van der Waals surface area contributed by atoms with Gasteiger partial charge in [0.05, 0.1) is 50.1 Å². The number of carbonyl (C=O) groups is 4. The normalized spacial score (nSPS) is 19.1. The number of H-pyrrole nitrogens is 2. The standard InChI is InChI=1S/C41H47N9O7/c1-4-7-27(47-40(53)55-2)38(51)49-18-5-8-31(49)35-42-21-29(44-35)23-10-14-25(15-11-23)37-46-28-20-26(16-17-33(28)57-37)30-22-43-36(45-30)32-9-6-19-50(32)39(52)34(24-12-13-24)48-41(54)56-3/h10-11,14-17,20-22,24,27,31-32,34H,4-9,12-13,18-19H2,1-3H3,(H,42,44)(H,43,45)(H,47,53)(H,48,54)/t27-,31-,32-,34-/m0/s1. The van der Waals surface area contributed by atoms with Crippen molar-refractivity contribution in [1.29, 1.82) is 0 Å². The lowest BCUT2D eigenvalue weighted by Gasteiger charge is -2.28. The molecular formula is C41H47N9O7. The Hall–Kier alpha value is -6.19. The van der Waals surface area contributed by atoms with E-state index in [2.05, 4.69) is 30.6 Å². The van der Waals surface area contributed by atoms with Gasteiger partial charge in [-0.25, -0.2) is 24.5 Å². The molecule has 3 aliphatic rings. The summed E-state index contributed by atoms with van der Waals surface area (Å²) in [5, 5.41) is 5.44. The van der Waals surface area contributed by atoms with Crippen molar-refractivity contribution in [3.63, 3.8) is 0 Å². The number of methoxy groups -OCH3 is 2. The molecular weight excluding hydrogens is 731 g/mol. The maximum atomic E-state index is 13.6. The highest BCUT2D eigenvalue weighted by Gasteiger charge is 2.43. The number of hydrogen-bond donors (Lipinski definition) is 4. The highest BCUT2D eigenvalue weighted by Crippen LogP contribution is 2.38. The van der Waals surface area contributed by atoms with Crippen LogP contribution in [0.15, 0.2) is 59.3 Å². The number of amides is 4. The highest BCUT2D eigenvalue weighted by molar-refractivity contribution is 5.87. The van der Waals surface area contributed by atoms with Gasteiger partial charge in [0.15, 0.2) is 5.58 Å². The van der Waals surface area contributed by atoms with Gasteiger partial charge >= 0.3 is 12.2 Å². The number of fused-ring (bicyclic) bond motifs is 1. The Kier molecular flexibility index (Phi) is 10.7. The molecule has 3 fully saturated rings. The van der Waals surface area contributed by atoms with Gasteiger partial charge in [0.25, 0.3) is 0 Å². The van der Waals surface area contributed by atoms with Crippen LogP contribution in [0.5, 0.6) is 0 Å². The largest absolute Gasteiger partial charge is 0.453 e. The number of likely N-dealkylation sites (tertiary alicyclic amines) is 2. The quantitative estimate of drug-likeness (QED) is 0.112. The number of hydrogen-bond acceptors (Lipinski definition) is 10. The van der Waals surface area contributed by atoms with Crippen LogP contribution in [0.1, 0.15) is 82.0 Å². The molecule has 4 amide bonds. The van der Waals surface area contributed by atoms with E-state index in [-0.39, 0.29) is 29.8 Å². The third-order valence-electron chi connectivity index (χ3n) is 11.2. The van der Waals surface area contributed by atoms with Crippen LogP contribution >= 0.6 is 0 Å². The van der Waals surface area contributed by atoms with Gasteiger partial charge < -0.3 is 44.3 Å². The van der Waals surface area contributed by atoms with Crippen LogP contribution in [0.3, 0.4) is 0 Å². The fourth-order valence-corrected chi connectivity index (χ4v) is 8.07. The average Bonchev–Trinajstić information content (AvgIpc) is 3.84. The van der Waals surface area contributed by atoms with E-state index >= 15 is 0 Å². The number of ether oxygens (including phenoxy) is 2. The zero-order valence-corrected chi connectivity index (χ0v) is 32.2. The summed E-state index contributed by atoms with van der Waals surface area (Å²) in [5.74, 6) is 1.79. The van der Waals surface area contributed by atoms with Crippen molar-refractivity contribution in [2.24, 2.45) is 5.92 Å². The van der Waals surface area contributed by atoms with E-state index in [1.165, 1.54) is 14.2 Å². The number of alkyl carbamates (subject to hydrolysis) is 2. The summed E-state index contributed by atoms with van der Waals surface area (Å²) >= 11 is 0. The lowest BCUT2D eigenvalue weighted by atomic mass is 10.1. The van der Waals surface area contributed by atoms with Gasteiger partial charge in [-0.15, -0.1) is 0 Å². The molecule has 16 heteroatoms. The van der Waals surface area contributed by atoms with Gasteiger partial charge in [0.2, 0.25) is 17.7 Å². The number of benzene rings is 2. The SMILES string of the molecule is CCC[C@H](NC(=O)OC)C(=O)N1CCC[C@H]1c1ncc(-c2ccc(-c3nc4cc(-c5cnc([C@@H]6CCCN6C(=O)[C@@H](NC(=O)OC)C6CC6)[nH]5)ccc4o3)cc2)[nH]1. The molecule has 0 spiro atoms. The van der Waals surface area contributed by atoms with E-state index < -0.39 is 24.3 Å². The summed E-state index contributed by atoms with van der Waals surface area (Å²) in [6.45, 7) is 3.16. The Morgan fingerprint density at radius 1 is 0.789 bits per heavy atom. The van der Waals surface area contributed by atoms with Crippen LogP contribution in [-0.4, -0.2) is 98.1 Å². The molecule has 57 heavy (non-hydrogen) atoms. The zero-order chi connectivity index (χ0) is 39.6. The number of aromatic amines is 2. The molecule has 1 aliphatic carbocycles. The minimum absolute atomic E-state index is 0.0979. The van der Waals surface area contributed by atoms with Crippen LogP contribution in [0.25, 0.3) is 45.1 Å². The molecule has 16 nitrogen and oxygen atoms in total. The molecule has 2 aromatic carbocycles. The summed E-state index contributed by atoms with van der Waals surface area (Å²) < 4.78 is 15.7. The monoisotopic (exact) mass is 777 g/mol. The van der Waals surface area contributed by atoms with Gasteiger partial charge in [-0.05, 0) is 86.8 Å². The van der Waals surface area contributed by atoms with Crippen molar-refractivity contribution < 1.29 is 33.1 Å². The maximum Gasteiger partial charge on any atom is 0.407 e. The lowest BCUT2D eigenvalue weighted by Crippen LogP contribution is -2.49. The predicted molar refractivity (Wildman–Crippen MR) is 208 cm³/mol. The van der Waals surface area contributed by atoms with E-state index in [1.807, 2.05) is 54.3 Å². The number of aromatic nitrogens is 5. The van der Waals surface area contributed by atoms with Crippen molar-refractivity contribution in [2.45, 2.75) is 82.5 Å². The number of rotatable bonds is 12. The summed E-state index contributed by atoms with van der Waals surface area (Å²) in [7, 11) is 2.59. The van der Waals surface area contributed by atoms with E-state index in [0.717, 1.165) is 73.0 Å². The molecule has 4 atom stereocenters. The second-order valence-corrected chi connectivity index (χ2v) is 15.0. The molecule has 298 valence electrons. The molecule has 3 aromatic heterocycles. The smallest absolute Gasteiger partial charge is 0.407 e. The van der Waals surface area contributed by atoms with Gasteiger partial charge in [0.1, 0.15) is 29.2 Å². The van der Waals surface area contributed by atoms with E-state index in [4.69, 9.17) is 18.9 Å². The molecule has 0 unspecified atom stereocenters. The fourth-order valence-electron chi connectivity index (χ4n) is 8.07. The van der Waals surface area contributed by atoms with E-state index in [0.29, 0.717) is 48.1 Å². The van der Waals surface area contributed by atoms with Crippen molar-refractivity contribution in [3.05, 3.63) is 66.5 Å². The second kappa shape index (κ2) is 16.1. The highest BCUT2D eigenvalue weighted by atomic mass is 16.5. The third-order valence-corrected chi connectivity index (χ3v) is 11.2. The number of nitrogens with one attached hydrogen (secondary N) is 4. The minimum Gasteiger partial charge on any atom is -0.453 e. The summed E-state index contributed by atoms with van der Waals surface area (Å²) in [6, 6.07) is 12.0. The topological polar surface area (TPSA) is 201 Å². The molecule has 2 saturated heterocycles. The first-order chi connectivity index (χ1) is 27.7. The predicted octanol–water partition coefficient (Wildman–Crippen LogP) is 6.26. The van der Waals surface area contributed by atoms with E-state index in [1.54, 1.807) is 17.3 Å². The van der Waals surface area contributed by atoms with Gasteiger partial charge in [-0.3, -0.25) is 9.59 Å². The Morgan fingerprint density at radius 3 is 1.98 bits per heavy atom. The Morgan fingerprint density at radius 2 is 1.37 bits per heavy atom. The number of oxazole rings is 1. The molecule has 0 bridgehead atoms. The van der Waals surface area contributed by atoms with E-state index in [9.17, 15) is 19.2 Å². The van der Waals surface area contributed by atoms with Crippen LogP contribution in [0, 0.1) is 5.92 Å². The van der Waals surface area contributed by atoms with Crippen LogP contribution in [-0.2, 0) is 19.1 Å². The second-order valence-electron chi connectivity index (χ2n) is 15.0. The maximum absolute atomic E-state index is 13.6. The molecule has 2 aliphatic heterocycles. The molecule has 1 saturated carbocycles. The summed E-state index contributed by atoms with van der Waals surface area (Å²) in [6.07, 6.45) is 8.63. The number of imidazole rings is 2. The van der Waals surface area contributed by atoms with Gasteiger partial charge in [-0.2, -0.15) is 0 Å². The van der Waals surface area contributed by atoms with Crippen molar-refractivity contribution in [2.75, 3.05) is 27.3 Å². The Balaban J connectivity index is 0.941. The molecule has 4 N–H and O–H groups in total. The number of carbonyl (C=O) groups excluding carboxylic acids is 4. The summed E-state index contributed by atoms with van der Waals surface area (Å²) in [4.78, 5) is 75.7. The van der Waals surface area contributed by atoms with Crippen molar-refractivity contribution >= 4 is 35.1 Å². The minimum atomic E-state index is -0.655. The molecule has 0 radical (unpaired) electrons. The number of nitrogens with zero attached hydrogens (tertiary/aromatic N) is 5. The fraction of sp³-hybridized carbons (Fsp3) is 0.439. The summed E-state index contributed by atoms with van der Waals surface area (Å²) in [5.41, 5.74) is 5.57. The van der Waals surface area contributed by atoms with Crippen molar-refractivity contribution in [3.8, 4) is 34.0 Å². The molecule has 5 heterocycles. The first-order valence-electron chi connectivity index (χ1n) is 19.7. The average molecular weight is 778 g/mol. The van der Waals surface area contributed by atoms with Crippen LogP contribution in [0.4, 0.5) is 9.59 Å². The third kappa shape index (κ3) is 7.80. The Bertz CT molecular complexity index is 2260. The van der Waals surface area contributed by atoms with Crippen molar-refractivity contribution in [1.82, 2.24) is 45.4 Å². The first-order valence-corrected chi connectivity index (χ1v) is 19.7. The van der Waals surface area contributed by atoms with Crippen LogP contribution in [0.2, 0.25) is 0 Å². The Labute approximate surface area is 329 Å². The zero-order valence-electron chi connectivity index (χ0n) is 32.2. The first kappa shape index (κ1) is 37.7. The van der Waals surface area contributed by atoms with Gasteiger partial charge in [-0.1, -0.05) is 25.5 Å². The molecule has 8 rings (SSSR count). The van der Waals surface area contributed by atoms with Gasteiger partial charge in [0, 0.05) is 24.2 Å².